The molecule has 1 heterocycles. The molecule has 0 bridgehead atoms. The summed E-state index contributed by atoms with van der Waals surface area (Å²) in [7, 11) is 26.1. The van der Waals surface area contributed by atoms with E-state index in [-0.39, 0.29) is 5.92 Å². The maximum Gasteiger partial charge on any atom is 0.0704 e. The smallest absolute Gasteiger partial charge is 0.0704 e. The van der Waals surface area contributed by atoms with Gasteiger partial charge in [-0.05, 0) is 17.0 Å². The number of rotatable bonds is 4. The maximum atomic E-state index is 6.60. The molecule has 1 aromatic heterocycles. The molecule has 0 amide bonds. The van der Waals surface area contributed by atoms with E-state index in [1.54, 1.807) is 6.20 Å². The third-order valence-electron chi connectivity index (χ3n) is 5.08. The quantitative estimate of drug-likeness (QED) is 0.787. The van der Waals surface area contributed by atoms with Crippen molar-refractivity contribution in [1.29, 1.82) is 0 Å². The van der Waals surface area contributed by atoms with Crippen molar-refractivity contribution >= 4 is 31.4 Å². The van der Waals surface area contributed by atoms with Crippen molar-refractivity contribution in [2.24, 2.45) is 11.3 Å². The molecule has 1 aromatic carbocycles. The van der Waals surface area contributed by atoms with E-state index in [2.05, 4.69) is 4.98 Å². The van der Waals surface area contributed by atoms with E-state index in [1.807, 2.05) is 71.0 Å². The molecule has 120 valence electrons. The number of hydrogen-bond donors (Lipinski definition) is 0. The van der Waals surface area contributed by atoms with Crippen LogP contribution in [0.3, 0.4) is 0 Å². The van der Waals surface area contributed by atoms with Crippen molar-refractivity contribution < 1.29 is 0 Å². The number of nitrogens with zero attached hydrogens (tertiary/aromatic N) is 1. The maximum absolute atomic E-state index is 6.60. The molecule has 0 fully saturated rings. The van der Waals surface area contributed by atoms with Crippen molar-refractivity contribution in [3.05, 3.63) is 53.7 Å². The molecular weight excluding hydrogens is 297 g/mol. The molecule has 0 aliphatic heterocycles. The number of benzene rings is 1. The highest BCUT2D eigenvalue weighted by Gasteiger charge is 2.38. The summed E-state index contributed by atoms with van der Waals surface area (Å²) in [5.74, 6) is -0.00797. The molecule has 0 unspecified atom stereocenters. The minimum atomic E-state index is -1.12. The summed E-state index contributed by atoms with van der Waals surface area (Å²) in [6, 6.07) is 11.8. The first-order valence-electron chi connectivity index (χ1n) is 8.61. The molecule has 5 heteroatoms. The van der Waals surface area contributed by atoms with Crippen LogP contribution >= 0.6 is 0 Å². The van der Waals surface area contributed by atoms with Crippen LogP contribution in [-0.4, -0.2) is 36.4 Å². The minimum absolute atomic E-state index is 0.00797. The molecule has 2 aromatic rings. The fourth-order valence-electron chi connectivity index (χ4n) is 2.62. The van der Waals surface area contributed by atoms with Gasteiger partial charge in [0.1, 0.15) is 0 Å². The number of aromatic nitrogens is 1. The third-order valence-corrected chi connectivity index (χ3v) is 5.08. The van der Waals surface area contributed by atoms with Crippen molar-refractivity contribution in [1.82, 2.24) is 4.98 Å². The monoisotopic (exact) mass is 321 g/mol. The Balaban J connectivity index is 2.74. The Bertz CT molecular complexity index is 731. The highest BCUT2D eigenvalue weighted by atomic mass is 14.7. The van der Waals surface area contributed by atoms with Gasteiger partial charge in [0.2, 0.25) is 0 Å². The van der Waals surface area contributed by atoms with Crippen LogP contribution in [0.5, 0.6) is 0 Å². The molecule has 0 saturated heterocycles. The number of pyridine rings is 1. The summed E-state index contributed by atoms with van der Waals surface area (Å²) < 4.78 is 0. The topological polar surface area (TPSA) is 12.9 Å². The second kappa shape index (κ2) is 6.74. The zero-order valence-electron chi connectivity index (χ0n) is 15.9. The summed E-state index contributed by atoms with van der Waals surface area (Å²) >= 11 is 0. The van der Waals surface area contributed by atoms with Crippen LogP contribution in [0.25, 0.3) is 11.3 Å². The van der Waals surface area contributed by atoms with Gasteiger partial charge in [0.05, 0.1) is 37.1 Å². The average Bonchev–Trinajstić information content (AvgIpc) is 2.54. The van der Waals surface area contributed by atoms with Crippen molar-refractivity contribution in [2.75, 3.05) is 0 Å². The first kappa shape index (κ1) is 19.9. The molecule has 8 radical (unpaired) electrons. The van der Waals surface area contributed by atoms with Gasteiger partial charge in [-0.25, -0.2) is 0 Å². The van der Waals surface area contributed by atoms with Crippen LogP contribution < -0.4 is 0 Å². The minimum Gasteiger partial charge on any atom is -0.256 e. The van der Waals surface area contributed by atoms with Gasteiger partial charge in [-0.3, -0.25) is 4.98 Å². The SMILES string of the molecule is [B]C([B])(c1cnc(-c2ccccc2)cc1C([B])([B])C(C)(C)C)C(C)C. The lowest BCUT2D eigenvalue weighted by molar-refractivity contribution is 0.354. The first-order chi connectivity index (χ1) is 11.4. The van der Waals surface area contributed by atoms with Crippen LogP contribution in [0.4, 0.5) is 0 Å². The molecule has 0 saturated carbocycles. The predicted octanol–water partition coefficient (Wildman–Crippen LogP) is 3.43. The Kier molecular flexibility index (Phi) is 5.38. The first-order valence-corrected chi connectivity index (χ1v) is 8.61. The highest BCUT2D eigenvalue weighted by molar-refractivity contribution is 6.43. The van der Waals surface area contributed by atoms with E-state index in [0.717, 1.165) is 16.8 Å². The van der Waals surface area contributed by atoms with Crippen molar-refractivity contribution in [3.63, 3.8) is 0 Å². The van der Waals surface area contributed by atoms with Gasteiger partial charge in [0, 0.05) is 11.8 Å². The zero-order valence-corrected chi connectivity index (χ0v) is 15.9. The summed E-state index contributed by atoms with van der Waals surface area (Å²) in [6.45, 7) is 9.96. The molecule has 2 rings (SSSR count). The third kappa shape index (κ3) is 3.76. The Labute approximate surface area is 158 Å². The lowest BCUT2D eigenvalue weighted by Crippen LogP contribution is -2.45. The largest absolute Gasteiger partial charge is 0.256 e. The summed E-state index contributed by atoms with van der Waals surface area (Å²) in [5, 5.41) is -2.19. The molecule has 0 atom stereocenters. The molecule has 0 aliphatic rings. The fraction of sp³-hybridized carbons (Fsp3) is 0.450. The second-order valence-electron chi connectivity index (χ2n) is 8.19. The van der Waals surface area contributed by atoms with Gasteiger partial charge in [-0.15, -0.1) is 0 Å². The molecule has 0 N–H and O–H groups in total. The van der Waals surface area contributed by atoms with Crippen LogP contribution in [0, 0.1) is 11.3 Å². The van der Waals surface area contributed by atoms with Crippen LogP contribution in [0.2, 0.25) is 0 Å². The van der Waals surface area contributed by atoms with Crippen LogP contribution in [-0.2, 0) is 10.4 Å². The molecule has 0 aliphatic carbocycles. The molecule has 1 nitrogen and oxygen atoms in total. The van der Waals surface area contributed by atoms with Crippen LogP contribution in [0.1, 0.15) is 45.7 Å². The van der Waals surface area contributed by atoms with Crippen molar-refractivity contribution in [3.8, 4) is 11.3 Å². The van der Waals surface area contributed by atoms with Gasteiger partial charge in [0.25, 0.3) is 0 Å². The van der Waals surface area contributed by atoms with Crippen LogP contribution in [0.15, 0.2) is 42.6 Å². The van der Waals surface area contributed by atoms with E-state index in [9.17, 15) is 0 Å². The highest BCUT2D eigenvalue weighted by Crippen LogP contribution is 2.42. The van der Waals surface area contributed by atoms with Gasteiger partial charge in [-0.2, -0.15) is 0 Å². The normalized spacial score (nSPS) is 13.2. The van der Waals surface area contributed by atoms with E-state index in [4.69, 9.17) is 31.4 Å². The molecular formula is C20H23B4N. The molecule has 25 heavy (non-hydrogen) atoms. The Hall–Kier alpha value is -1.37. The van der Waals surface area contributed by atoms with E-state index in [0.29, 0.717) is 5.56 Å². The Morgan fingerprint density at radius 2 is 1.44 bits per heavy atom. The van der Waals surface area contributed by atoms with Gasteiger partial charge in [0.15, 0.2) is 0 Å². The van der Waals surface area contributed by atoms with Gasteiger partial charge >= 0.3 is 0 Å². The van der Waals surface area contributed by atoms with E-state index >= 15 is 0 Å². The van der Waals surface area contributed by atoms with E-state index < -0.39 is 15.8 Å². The Morgan fingerprint density at radius 3 is 1.92 bits per heavy atom. The van der Waals surface area contributed by atoms with Gasteiger partial charge in [-0.1, -0.05) is 86.9 Å². The fourth-order valence-corrected chi connectivity index (χ4v) is 2.62. The lowest BCUT2D eigenvalue weighted by Gasteiger charge is -2.45. The van der Waals surface area contributed by atoms with Gasteiger partial charge < -0.3 is 0 Å². The predicted molar refractivity (Wildman–Crippen MR) is 110 cm³/mol. The average molecular weight is 321 g/mol. The summed E-state index contributed by atoms with van der Waals surface area (Å²) in [4.78, 5) is 4.58. The summed E-state index contributed by atoms with van der Waals surface area (Å²) in [5.41, 5.74) is 2.80. The zero-order chi connectivity index (χ0) is 19.0. The molecule has 0 spiro atoms. The summed E-state index contributed by atoms with van der Waals surface area (Å²) in [6.07, 6.45) is 1.72. The van der Waals surface area contributed by atoms with Crippen molar-refractivity contribution in [2.45, 2.75) is 45.0 Å². The standard InChI is InChI=1S/C20H23B4N/c1-13(2)19(21,22)16-12-25-17(14-9-7-6-8-10-14)11-15(16)20(23,24)18(3,4)5/h6-13H,1-5H3. The number of hydrogen-bond acceptors (Lipinski definition) is 1. The van der Waals surface area contributed by atoms with E-state index in [1.165, 1.54) is 0 Å². The Morgan fingerprint density at radius 1 is 0.880 bits per heavy atom. The second-order valence-corrected chi connectivity index (χ2v) is 8.19. The lowest BCUT2D eigenvalue weighted by atomic mass is 9.37.